The maximum atomic E-state index is 11.9. The van der Waals surface area contributed by atoms with E-state index in [4.69, 9.17) is 5.11 Å². The summed E-state index contributed by atoms with van der Waals surface area (Å²) in [7, 11) is -3.82. The van der Waals surface area contributed by atoms with E-state index in [1.165, 1.54) is 18.2 Å². The lowest BCUT2D eigenvalue weighted by Crippen LogP contribution is -2.40. The topological polar surface area (TPSA) is 83.5 Å². The number of carboxylic acids is 1. The van der Waals surface area contributed by atoms with E-state index < -0.39 is 22.0 Å². The summed E-state index contributed by atoms with van der Waals surface area (Å²) in [5.74, 6) is -1.23. The predicted octanol–water partition coefficient (Wildman–Crippen LogP) is 1.30. The summed E-state index contributed by atoms with van der Waals surface area (Å²) in [5, 5.41) is 8.88. The third-order valence-electron chi connectivity index (χ3n) is 2.33. The predicted molar refractivity (Wildman–Crippen MR) is 67.7 cm³/mol. The third kappa shape index (κ3) is 3.68. The van der Waals surface area contributed by atoms with Crippen molar-refractivity contribution in [3.63, 3.8) is 0 Å². The molecule has 1 atom stereocenters. The Morgan fingerprint density at radius 2 is 2.00 bits per heavy atom. The molecule has 0 spiro atoms. The van der Waals surface area contributed by atoms with E-state index in [1.807, 2.05) is 6.92 Å². The number of benzene rings is 1. The Morgan fingerprint density at radius 1 is 1.44 bits per heavy atom. The molecule has 0 saturated carbocycles. The van der Waals surface area contributed by atoms with E-state index in [1.54, 1.807) is 12.1 Å². The maximum Gasteiger partial charge on any atom is 0.322 e. The molecular weight excluding hydrogens is 254 g/mol. The van der Waals surface area contributed by atoms with Gasteiger partial charge in [-0.1, -0.05) is 23.8 Å². The summed E-state index contributed by atoms with van der Waals surface area (Å²) in [6.45, 7) is 5.23. The minimum absolute atomic E-state index is 0.0282. The van der Waals surface area contributed by atoms with Crippen molar-refractivity contribution in [2.75, 3.05) is 0 Å². The number of rotatable bonds is 6. The quantitative estimate of drug-likeness (QED) is 0.762. The summed E-state index contributed by atoms with van der Waals surface area (Å²) >= 11 is 0. The lowest BCUT2D eigenvalue weighted by molar-refractivity contribution is -0.138. The van der Waals surface area contributed by atoms with Gasteiger partial charge in [0.2, 0.25) is 10.0 Å². The van der Waals surface area contributed by atoms with Gasteiger partial charge in [-0.2, -0.15) is 4.72 Å². The molecule has 2 N–H and O–H groups in total. The number of carboxylic acid groups (broad SMARTS) is 1. The number of aliphatic carboxylic acids is 1. The van der Waals surface area contributed by atoms with Gasteiger partial charge < -0.3 is 5.11 Å². The van der Waals surface area contributed by atoms with Crippen LogP contribution >= 0.6 is 0 Å². The van der Waals surface area contributed by atoms with Crippen molar-refractivity contribution >= 4 is 16.0 Å². The Hall–Kier alpha value is -1.66. The molecular formula is C12H15NO4S. The molecule has 1 rings (SSSR count). The lowest BCUT2D eigenvalue weighted by Gasteiger charge is -2.13. The molecule has 0 fully saturated rings. The van der Waals surface area contributed by atoms with Gasteiger partial charge in [-0.3, -0.25) is 4.79 Å². The first-order valence-corrected chi connectivity index (χ1v) is 6.78. The minimum Gasteiger partial charge on any atom is -0.480 e. The number of nitrogens with one attached hydrogen (secondary N) is 1. The summed E-state index contributed by atoms with van der Waals surface area (Å²) in [4.78, 5) is 10.9. The fraction of sp³-hybridized carbons (Fsp3) is 0.250. The number of hydrogen-bond donors (Lipinski definition) is 2. The van der Waals surface area contributed by atoms with Crippen LogP contribution in [0.1, 0.15) is 12.0 Å². The normalized spacial score (nSPS) is 12.9. The zero-order chi connectivity index (χ0) is 13.8. The fourth-order valence-electron chi connectivity index (χ4n) is 1.34. The van der Waals surface area contributed by atoms with Crippen LogP contribution < -0.4 is 4.72 Å². The number of hydrogen-bond acceptors (Lipinski definition) is 3. The molecule has 0 radical (unpaired) electrons. The number of carbonyl (C=O) groups is 1. The Bertz CT molecular complexity index is 534. The summed E-state index contributed by atoms with van der Waals surface area (Å²) < 4.78 is 26.0. The average molecular weight is 269 g/mol. The molecule has 0 aromatic heterocycles. The van der Waals surface area contributed by atoms with Crippen LogP contribution in [0.3, 0.4) is 0 Å². The van der Waals surface area contributed by atoms with Crippen molar-refractivity contribution in [3.8, 4) is 0 Å². The van der Waals surface area contributed by atoms with Gasteiger partial charge in [0.25, 0.3) is 0 Å². The fourth-order valence-corrected chi connectivity index (χ4v) is 2.54. The van der Waals surface area contributed by atoms with Gasteiger partial charge in [0.1, 0.15) is 6.04 Å². The zero-order valence-corrected chi connectivity index (χ0v) is 10.8. The molecule has 0 saturated heterocycles. The van der Waals surface area contributed by atoms with Crippen LogP contribution in [0.25, 0.3) is 0 Å². The van der Waals surface area contributed by atoms with Gasteiger partial charge in [-0.25, -0.2) is 8.42 Å². The van der Waals surface area contributed by atoms with Crippen LogP contribution in [-0.4, -0.2) is 25.5 Å². The lowest BCUT2D eigenvalue weighted by atomic mass is 10.2. The molecule has 5 nitrogen and oxygen atoms in total. The third-order valence-corrected chi connectivity index (χ3v) is 3.82. The van der Waals surface area contributed by atoms with E-state index in [0.29, 0.717) is 0 Å². The molecule has 1 aromatic rings. The largest absolute Gasteiger partial charge is 0.480 e. The summed E-state index contributed by atoms with van der Waals surface area (Å²) in [6, 6.07) is 4.97. The van der Waals surface area contributed by atoms with E-state index in [0.717, 1.165) is 5.56 Å². The van der Waals surface area contributed by atoms with Gasteiger partial charge in [0, 0.05) is 0 Å². The van der Waals surface area contributed by atoms with Crippen LogP contribution in [0.2, 0.25) is 0 Å². The van der Waals surface area contributed by atoms with Crippen molar-refractivity contribution in [1.29, 1.82) is 0 Å². The molecule has 0 aliphatic rings. The highest BCUT2D eigenvalue weighted by Crippen LogP contribution is 2.11. The molecule has 0 aliphatic heterocycles. The van der Waals surface area contributed by atoms with Crippen LogP contribution in [-0.2, 0) is 14.8 Å². The molecule has 6 heteroatoms. The summed E-state index contributed by atoms with van der Waals surface area (Å²) in [6.07, 6.45) is 1.39. The van der Waals surface area contributed by atoms with Gasteiger partial charge >= 0.3 is 5.97 Å². The molecule has 98 valence electrons. The van der Waals surface area contributed by atoms with Crippen LogP contribution in [0.15, 0.2) is 41.8 Å². The van der Waals surface area contributed by atoms with Crippen molar-refractivity contribution in [2.45, 2.75) is 24.3 Å². The highest BCUT2D eigenvalue weighted by atomic mass is 32.2. The van der Waals surface area contributed by atoms with Gasteiger partial charge in [-0.05, 0) is 25.5 Å². The average Bonchev–Trinajstić information content (AvgIpc) is 2.28. The van der Waals surface area contributed by atoms with E-state index in [-0.39, 0.29) is 11.3 Å². The molecule has 18 heavy (non-hydrogen) atoms. The molecule has 0 amide bonds. The monoisotopic (exact) mass is 269 g/mol. The second-order valence-electron chi connectivity index (χ2n) is 3.85. The van der Waals surface area contributed by atoms with E-state index in [2.05, 4.69) is 11.3 Å². The first-order valence-electron chi connectivity index (χ1n) is 5.29. The van der Waals surface area contributed by atoms with Crippen molar-refractivity contribution in [2.24, 2.45) is 0 Å². The smallest absolute Gasteiger partial charge is 0.322 e. The van der Waals surface area contributed by atoms with Gasteiger partial charge in [-0.15, -0.1) is 6.58 Å². The van der Waals surface area contributed by atoms with Gasteiger partial charge in [0.15, 0.2) is 0 Å². The molecule has 0 aliphatic carbocycles. The second-order valence-corrected chi connectivity index (χ2v) is 5.56. The molecule has 0 heterocycles. The SMILES string of the molecule is C=CC[C@H](NS(=O)(=O)c1ccc(C)cc1)C(=O)O. The van der Waals surface area contributed by atoms with Crippen molar-refractivity contribution < 1.29 is 18.3 Å². The van der Waals surface area contributed by atoms with Crippen LogP contribution in [0.4, 0.5) is 0 Å². The van der Waals surface area contributed by atoms with E-state index in [9.17, 15) is 13.2 Å². The van der Waals surface area contributed by atoms with E-state index >= 15 is 0 Å². The maximum absolute atomic E-state index is 11.9. The molecule has 0 bridgehead atoms. The first kappa shape index (κ1) is 14.4. The minimum atomic E-state index is -3.82. The Balaban J connectivity index is 2.96. The van der Waals surface area contributed by atoms with Crippen molar-refractivity contribution in [3.05, 3.63) is 42.5 Å². The number of aryl methyl sites for hydroxylation is 1. The van der Waals surface area contributed by atoms with Crippen LogP contribution in [0, 0.1) is 6.92 Å². The van der Waals surface area contributed by atoms with Crippen LogP contribution in [0.5, 0.6) is 0 Å². The molecule has 1 aromatic carbocycles. The summed E-state index contributed by atoms with van der Waals surface area (Å²) in [5.41, 5.74) is 0.926. The Labute approximate surface area is 106 Å². The van der Waals surface area contributed by atoms with Gasteiger partial charge in [0.05, 0.1) is 4.90 Å². The Morgan fingerprint density at radius 3 is 2.44 bits per heavy atom. The number of sulfonamides is 1. The standard InChI is InChI=1S/C12H15NO4S/c1-3-4-11(12(14)15)13-18(16,17)10-7-5-9(2)6-8-10/h3,5-8,11,13H,1,4H2,2H3,(H,14,15)/t11-/m0/s1. The highest BCUT2D eigenvalue weighted by molar-refractivity contribution is 7.89. The van der Waals surface area contributed by atoms with Crippen molar-refractivity contribution in [1.82, 2.24) is 4.72 Å². The Kier molecular flexibility index (Phi) is 4.63. The highest BCUT2D eigenvalue weighted by Gasteiger charge is 2.23. The first-order chi connectivity index (χ1) is 8.36. The molecule has 0 unspecified atom stereocenters. The second kappa shape index (κ2) is 5.79. The zero-order valence-electron chi connectivity index (χ0n) is 9.96.